The van der Waals surface area contributed by atoms with Gasteiger partial charge in [-0.1, -0.05) is 17.3 Å². The molecule has 0 spiro atoms. The molecule has 5 nitrogen and oxygen atoms in total. The van der Waals surface area contributed by atoms with Crippen molar-refractivity contribution in [2.24, 2.45) is 7.05 Å². The Morgan fingerprint density at radius 3 is 2.75 bits per heavy atom. The molecule has 0 atom stereocenters. The van der Waals surface area contributed by atoms with Gasteiger partial charge in [0.2, 0.25) is 0 Å². The maximum atomic E-state index is 12.3. The molecule has 2 heterocycles. The standard InChI is InChI=1S/C15H15N3O2/c1-9-4-5-11-8-13(18(3)12(11)6-9)15(19)16-14-7-10(2)20-17-14/h4-8H,1-3H3,(H,16,17,19). The van der Waals surface area contributed by atoms with Gasteiger partial charge >= 0.3 is 0 Å². The van der Waals surface area contributed by atoms with Crippen LogP contribution >= 0.6 is 0 Å². The first-order valence-electron chi connectivity index (χ1n) is 6.35. The zero-order chi connectivity index (χ0) is 14.3. The second-order valence-corrected chi connectivity index (χ2v) is 4.93. The second-order valence-electron chi connectivity index (χ2n) is 4.93. The number of fused-ring (bicyclic) bond motifs is 1. The van der Waals surface area contributed by atoms with E-state index in [0.717, 1.165) is 16.5 Å². The number of carbonyl (C=O) groups is 1. The van der Waals surface area contributed by atoms with Gasteiger partial charge in [0.1, 0.15) is 11.5 Å². The van der Waals surface area contributed by atoms with E-state index in [1.54, 1.807) is 13.0 Å². The first-order valence-corrected chi connectivity index (χ1v) is 6.35. The highest BCUT2D eigenvalue weighted by Crippen LogP contribution is 2.21. The molecule has 5 heteroatoms. The van der Waals surface area contributed by atoms with E-state index in [2.05, 4.69) is 16.5 Å². The first kappa shape index (κ1) is 12.5. The SMILES string of the molecule is Cc1ccc2cc(C(=O)Nc3cc(C)on3)n(C)c2c1. The van der Waals surface area contributed by atoms with Crippen LogP contribution in [0.15, 0.2) is 34.9 Å². The molecule has 0 bridgehead atoms. The van der Waals surface area contributed by atoms with Crippen molar-refractivity contribution < 1.29 is 9.32 Å². The van der Waals surface area contributed by atoms with Crippen LogP contribution in [0.4, 0.5) is 5.82 Å². The quantitative estimate of drug-likeness (QED) is 0.777. The summed E-state index contributed by atoms with van der Waals surface area (Å²) in [6, 6.07) is 9.67. The predicted molar refractivity (Wildman–Crippen MR) is 76.8 cm³/mol. The van der Waals surface area contributed by atoms with E-state index in [4.69, 9.17) is 4.52 Å². The number of nitrogens with zero attached hydrogens (tertiary/aromatic N) is 2. The number of rotatable bonds is 2. The molecule has 0 aliphatic carbocycles. The van der Waals surface area contributed by atoms with Gasteiger partial charge in [-0.05, 0) is 31.5 Å². The lowest BCUT2D eigenvalue weighted by Crippen LogP contribution is -2.15. The van der Waals surface area contributed by atoms with E-state index >= 15 is 0 Å². The largest absolute Gasteiger partial charge is 0.360 e. The molecule has 3 rings (SSSR count). The number of aryl methyl sites for hydroxylation is 3. The van der Waals surface area contributed by atoms with Gasteiger partial charge in [0, 0.05) is 24.0 Å². The lowest BCUT2D eigenvalue weighted by atomic mass is 10.2. The number of hydrogen-bond acceptors (Lipinski definition) is 3. The number of anilines is 1. The van der Waals surface area contributed by atoms with Crippen LogP contribution in [0.5, 0.6) is 0 Å². The molecule has 20 heavy (non-hydrogen) atoms. The summed E-state index contributed by atoms with van der Waals surface area (Å²) in [5.74, 6) is 0.886. The molecule has 0 aliphatic rings. The maximum absolute atomic E-state index is 12.3. The molecule has 0 unspecified atom stereocenters. The predicted octanol–water partition coefficient (Wildman–Crippen LogP) is 3.04. The molecule has 0 fully saturated rings. The monoisotopic (exact) mass is 269 g/mol. The van der Waals surface area contributed by atoms with E-state index in [9.17, 15) is 4.79 Å². The summed E-state index contributed by atoms with van der Waals surface area (Å²) in [6.45, 7) is 3.81. The van der Waals surface area contributed by atoms with Crippen molar-refractivity contribution in [1.82, 2.24) is 9.72 Å². The van der Waals surface area contributed by atoms with Crippen molar-refractivity contribution in [3.63, 3.8) is 0 Å². The minimum absolute atomic E-state index is 0.199. The lowest BCUT2D eigenvalue weighted by molar-refractivity contribution is 0.101. The van der Waals surface area contributed by atoms with Crippen molar-refractivity contribution in [3.05, 3.63) is 47.3 Å². The maximum Gasteiger partial charge on any atom is 0.273 e. The lowest BCUT2D eigenvalue weighted by Gasteiger charge is -2.04. The van der Waals surface area contributed by atoms with E-state index in [-0.39, 0.29) is 5.91 Å². The number of benzene rings is 1. The van der Waals surface area contributed by atoms with Crippen molar-refractivity contribution >= 4 is 22.6 Å². The van der Waals surface area contributed by atoms with Gasteiger partial charge < -0.3 is 14.4 Å². The normalized spacial score (nSPS) is 10.9. The molecule has 2 aromatic heterocycles. The Hall–Kier alpha value is -2.56. The van der Waals surface area contributed by atoms with Crippen LogP contribution in [0.3, 0.4) is 0 Å². The van der Waals surface area contributed by atoms with Crippen molar-refractivity contribution in [2.45, 2.75) is 13.8 Å². The summed E-state index contributed by atoms with van der Waals surface area (Å²) >= 11 is 0. The van der Waals surface area contributed by atoms with Gasteiger partial charge in [0.25, 0.3) is 5.91 Å². The zero-order valence-corrected chi connectivity index (χ0v) is 11.6. The van der Waals surface area contributed by atoms with Gasteiger partial charge in [-0.15, -0.1) is 0 Å². The second kappa shape index (κ2) is 4.52. The molecule has 0 saturated carbocycles. The molecule has 0 aliphatic heterocycles. The third-order valence-electron chi connectivity index (χ3n) is 3.30. The molecule has 102 valence electrons. The van der Waals surface area contributed by atoms with Crippen LogP contribution in [-0.2, 0) is 7.05 Å². The molecular weight excluding hydrogens is 254 g/mol. The van der Waals surface area contributed by atoms with Crippen LogP contribution in [0.1, 0.15) is 21.8 Å². The van der Waals surface area contributed by atoms with Crippen LogP contribution in [0.25, 0.3) is 10.9 Å². The number of aromatic nitrogens is 2. The summed E-state index contributed by atoms with van der Waals surface area (Å²) in [6.07, 6.45) is 0. The minimum atomic E-state index is -0.199. The summed E-state index contributed by atoms with van der Waals surface area (Å²) in [7, 11) is 1.88. The summed E-state index contributed by atoms with van der Waals surface area (Å²) in [5, 5.41) is 7.53. The van der Waals surface area contributed by atoms with Crippen LogP contribution in [0, 0.1) is 13.8 Å². The van der Waals surface area contributed by atoms with Crippen molar-refractivity contribution in [3.8, 4) is 0 Å². The molecule has 0 saturated heterocycles. The Morgan fingerprint density at radius 1 is 1.25 bits per heavy atom. The van der Waals surface area contributed by atoms with Crippen molar-refractivity contribution in [1.29, 1.82) is 0 Å². The summed E-state index contributed by atoms with van der Waals surface area (Å²) in [4.78, 5) is 12.3. The molecular formula is C15H15N3O2. The molecule has 0 radical (unpaired) electrons. The van der Waals surface area contributed by atoms with E-state index < -0.39 is 0 Å². The highest BCUT2D eigenvalue weighted by atomic mass is 16.5. The molecule has 3 aromatic rings. The average Bonchev–Trinajstić information content (AvgIpc) is 2.94. The Balaban J connectivity index is 1.97. The Kier molecular flexibility index (Phi) is 2.82. The zero-order valence-electron chi connectivity index (χ0n) is 11.6. The highest BCUT2D eigenvalue weighted by molar-refractivity contribution is 6.06. The molecule has 1 aromatic carbocycles. The third-order valence-corrected chi connectivity index (χ3v) is 3.30. The van der Waals surface area contributed by atoms with Gasteiger partial charge in [0.05, 0.1) is 0 Å². The fourth-order valence-corrected chi connectivity index (χ4v) is 2.26. The average molecular weight is 269 g/mol. The Morgan fingerprint density at radius 2 is 2.05 bits per heavy atom. The number of nitrogens with one attached hydrogen (secondary N) is 1. The topological polar surface area (TPSA) is 60.1 Å². The number of amides is 1. The number of carbonyl (C=O) groups excluding carboxylic acids is 1. The Bertz CT molecular complexity index is 799. The smallest absolute Gasteiger partial charge is 0.273 e. The fourth-order valence-electron chi connectivity index (χ4n) is 2.26. The highest BCUT2D eigenvalue weighted by Gasteiger charge is 2.14. The first-order chi connectivity index (χ1) is 9.54. The van der Waals surface area contributed by atoms with Crippen LogP contribution < -0.4 is 5.32 Å². The van der Waals surface area contributed by atoms with Crippen molar-refractivity contribution in [2.75, 3.05) is 5.32 Å². The van der Waals surface area contributed by atoms with E-state index in [1.165, 1.54) is 0 Å². The van der Waals surface area contributed by atoms with Gasteiger partial charge in [-0.25, -0.2) is 0 Å². The summed E-state index contributed by atoms with van der Waals surface area (Å²) in [5.41, 5.74) is 2.79. The van der Waals surface area contributed by atoms with E-state index in [0.29, 0.717) is 17.3 Å². The van der Waals surface area contributed by atoms with Crippen LogP contribution in [0.2, 0.25) is 0 Å². The third kappa shape index (κ3) is 2.07. The van der Waals surface area contributed by atoms with Gasteiger partial charge in [-0.2, -0.15) is 0 Å². The molecule has 1 N–H and O–H groups in total. The number of hydrogen-bond donors (Lipinski definition) is 1. The summed E-state index contributed by atoms with van der Waals surface area (Å²) < 4.78 is 6.81. The van der Waals surface area contributed by atoms with Gasteiger partial charge in [0.15, 0.2) is 5.82 Å². The van der Waals surface area contributed by atoms with Crippen LogP contribution in [-0.4, -0.2) is 15.6 Å². The van der Waals surface area contributed by atoms with E-state index in [1.807, 2.05) is 36.7 Å². The minimum Gasteiger partial charge on any atom is -0.360 e. The fraction of sp³-hybridized carbons (Fsp3) is 0.200. The molecule has 1 amide bonds. The van der Waals surface area contributed by atoms with Gasteiger partial charge in [-0.3, -0.25) is 4.79 Å². The Labute approximate surface area is 116 Å².